The highest BCUT2D eigenvalue weighted by molar-refractivity contribution is 7.10. The van der Waals surface area contributed by atoms with Gasteiger partial charge in [0, 0.05) is 49.4 Å². The van der Waals surface area contributed by atoms with E-state index in [-0.39, 0.29) is 17.4 Å². The molecule has 2 aromatic rings. The molecule has 0 saturated carbocycles. The summed E-state index contributed by atoms with van der Waals surface area (Å²) >= 11 is 1.43. The van der Waals surface area contributed by atoms with Gasteiger partial charge in [-0.2, -0.15) is 0 Å². The van der Waals surface area contributed by atoms with E-state index in [0.717, 1.165) is 22.9 Å². The number of alkyl halides is 2. The maximum atomic E-state index is 13.6. The smallest absolute Gasteiger partial charge is 0.270 e. The maximum Gasteiger partial charge on any atom is 0.270 e. The van der Waals surface area contributed by atoms with E-state index in [2.05, 4.69) is 9.98 Å². The number of likely N-dealkylation sites (N-methyl/N-ethyl adjacent to an activating group) is 1. The summed E-state index contributed by atoms with van der Waals surface area (Å²) in [5.74, 6) is -3.78. The van der Waals surface area contributed by atoms with Crippen LogP contribution in [0.5, 0.6) is 0 Å². The minimum Gasteiger partial charge on any atom is -0.404 e. The van der Waals surface area contributed by atoms with Crippen LogP contribution >= 0.6 is 11.3 Å². The summed E-state index contributed by atoms with van der Waals surface area (Å²) in [5, 5.41) is 1.90. The predicted octanol–water partition coefficient (Wildman–Crippen LogP) is 3.47. The number of rotatable bonds is 5. The Hall–Kier alpha value is -3.07. The van der Waals surface area contributed by atoms with E-state index in [1.165, 1.54) is 34.6 Å². The Kier molecular flexibility index (Phi) is 6.02. The van der Waals surface area contributed by atoms with Gasteiger partial charge < -0.3 is 11.5 Å². The largest absolute Gasteiger partial charge is 0.404 e. The van der Waals surface area contributed by atoms with Crippen molar-refractivity contribution in [1.82, 2.24) is 4.90 Å². The fourth-order valence-electron chi connectivity index (χ4n) is 3.31. The molecule has 0 radical (unpaired) electrons. The van der Waals surface area contributed by atoms with Crippen molar-refractivity contribution < 1.29 is 13.6 Å². The minimum absolute atomic E-state index is 0.109. The van der Waals surface area contributed by atoms with E-state index in [1.807, 2.05) is 11.4 Å². The van der Waals surface area contributed by atoms with Crippen molar-refractivity contribution in [3.8, 4) is 0 Å². The van der Waals surface area contributed by atoms with Gasteiger partial charge in [0.15, 0.2) is 5.96 Å². The Bertz CT molecular complexity index is 1020. The van der Waals surface area contributed by atoms with Crippen LogP contribution in [0.4, 0.5) is 8.78 Å². The molecule has 158 valence electrons. The van der Waals surface area contributed by atoms with Gasteiger partial charge in [0.1, 0.15) is 6.04 Å². The predicted molar refractivity (Wildman–Crippen MR) is 117 cm³/mol. The zero-order valence-electron chi connectivity index (χ0n) is 16.8. The van der Waals surface area contributed by atoms with Gasteiger partial charge in [-0.25, -0.2) is 13.8 Å². The van der Waals surface area contributed by atoms with Crippen LogP contribution < -0.4 is 11.5 Å². The van der Waals surface area contributed by atoms with E-state index >= 15 is 0 Å². The van der Waals surface area contributed by atoms with Crippen LogP contribution in [0.2, 0.25) is 0 Å². The number of aliphatic imine (C=N–C) groups is 2. The van der Waals surface area contributed by atoms with Crippen molar-refractivity contribution in [1.29, 1.82) is 0 Å². The summed E-state index contributed by atoms with van der Waals surface area (Å²) in [6.45, 7) is 0.838. The Morgan fingerprint density at radius 2 is 2.00 bits per heavy atom. The number of halogens is 2. The fraction of sp³-hybridized carbons (Fsp3) is 0.286. The molecule has 9 heteroatoms. The first-order valence-corrected chi connectivity index (χ1v) is 10.1. The molecular formula is C21H23F2N5OS. The number of benzene rings is 1. The van der Waals surface area contributed by atoms with Gasteiger partial charge in [-0.3, -0.25) is 14.7 Å². The van der Waals surface area contributed by atoms with Crippen molar-refractivity contribution in [2.75, 3.05) is 14.1 Å². The Labute approximate surface area is 177 Å². The van der Waals surface area contributed by atoms with Crippen molar-refractivity contribution in [2.45, 2.75) is 24.8 Å². The molecule has 0 saturated heterocycles. The van der Waals surface area contributed by atoms with Gasteiger partial charge in [-0.15, -0.1) is 11.3 Å². The van der Waals surface area contributed by atoms with Gasteiger partial charge in [-0.05, 0) is 22.6 Å². The summed E-state index contributed by atoms with van der Waals surface area (Å²) in [6, 6.07) is 7.11. The standard InChI is InChI=1S/C21H23F2N5OS/c1-21(22,23)15-6-4-12(5-7-15)17-18(27-20(25)28(3)19(17)29)16-8-13(11-30-16)14(9-24)10-26-2/h4-11,17-18H,24H2,1-3H3,(H2,25,27)/b14-9+,26-10?. The van der Waals surface area contributed by atoms with Crippen LogP contribution in [0.1, 0.15) is 40.5 Å². The van der Waals surface area contributed by atoms with Crippen LogP contribution in [0.15, 0.2) is 51.9 Å². The van der Waals surface area contributed by atoms with Crippen molar-refractivity contribution >= 4 is 35.0 Å². The molecule has 4 N–H and O–H groups in total. The molecule has 0 bridgehead atoms. The molecule has 1 aliphatic rings. The molecule has 3 rings (SSSR count). The molecule has 0 spiro atoms. The highest BCUT2D eigenvalue weighted by Crippen LogP contribution is 2.42. The highest BCUT2D eigenvalue weighted by atomic mass is 32.1. The maximum absolute atomic E-state index is 13.6. The number of nitrogens with zero attached hydrogens (tertiary/aromatic N) is 3. The first-order chi connectivity index (χ1) is 14.2. The van der Waals surface area contributed by atoms with Crippen LogP contribution in [-0.4, -0.2) is 37.1 Å². The molecule has 30 heavy (non-hydrogen) atoms. The van der Waals surface area contributed by atoms with Crippen LogP contribution in [-0.2, 0) is 10.7 Å². The molecule has 1 aromatic heterocycles. The third-order valence-corrected chi connectivity index (χ3v) is 6.00. The van der Waals surface area contributed by atoms with Crippen LogP contribution in [0, 0.1) is 0 Å². The molecule has 1 aliphatic heterocycles. The number of allylic oxidation sites excluding steroid dienone is 1. The summed E-state index contributed by atoms with van der Waals surface area (Å²) in [5.41, 5.74) is 13.7. The second-order valence-corrected chi connectivity index (χ2v) is 8.01. The fourth-order valence-corrected chi connectivity index (χ4v) is 4.30. The Balaban J connectivity index is 2.05. The van der Waals surface area contributed by atoms with E-state index in [0.29, 0.717) is 5.56 Å². The molecule has 0 aliphatic carbocycles. The van der Waals surface area contributed by atoms with Crippen LogP contribution in [0.25, 0.3) is 5.57 Å². The second-order valence-electron chi connectivity index (χ2n) is 7.06. The molecular weight excluding hydrogens is 408 g/mol. The molecule has 2 atom stereocenters. The molecule has 6 nitrogen and oxygen atoms in total. The lowest BCUT2D eigenvalue weighted by molar-refractivity contribution is -0.129. The first-order valence-electron chi connectivity index (χ1n) is 9.19. The average molecular weight is 432 g/mol. The van der Waals surface area contributed by atoms with Gasteiger partial charge in [0.25, 0.3) is 5.92 Å². The quantitative estimate of drug-likeness (QED) is 0.710. The summed E-state index contributed by atoms with van der Waals surface area (Å²) in [6.07, 6.45) is 3.10. The third-order valence-electron chi connectivity index (χ3n) is 5.00. The first kappa shape index (κ1) is 21.6. The zero-order chi connectivity index (χ0) is 22.1. The topological polar surface area (TPSA) is 97.1 Å². The van der Waals surface area contributed by atoms with E-state index in [1.54, 1.807) is 32.4 Å². The number of thiophene rings is 1. The van der Waals surface area contributed by atoms with E-state index in [9.17, 15) is 13.6 Å². The lowest BCUT2D eigenvalue weighted by atomic mass is 9.87. The van der Waals surface area contributed by atoms with E-state index < -0.39 is 17.9 Å². The number of amides is 1. The summed E-state index contributed by atoms with van der Waals surface area (Å²) in [7, 11) is 3.20. The molecule has 0 fully saturated rings. The number of hydrogen-bond acceptors (Lipinski definition) is 6. The van der Waals surface area contributed by atoms with Gasteiger partial charge in [0.05, 0.1) is 5.92 Å². The number of hydrogen-bond donors (Lipinski definition) is 2. The van der Waals surface area contributed by atoms with Gasteiger partial charge in [0.2, 0.25) is 5.91 Å². The zero-order valence-corrected chi connectivity index (χ0v) is 17.7. The van der Waals surface area contributed by atoms with Gasteiger partial charge in [-0.1, -0.05) is 24.3 Å². The SMILES string of the molecule is CN=C/C(=C\N)c1csc(C2N=C(N)N(C)C(=O)C2c2ccc(C(C)(F)F)cc2)c1. The minimum atomic E-state index is -2.96. The average Bonchev–Trinajstić information content (AvgIpc) is 3.19. The number of nitrogens with two attached hydrogens (primary N) is 2. The van der Waals surface area contributed by atoms with Crippen molar-refractivity contribution in [2.24, 2.45) is 21.5 Å². The summed E-state index contributed by atoms with van der Waals surface area (Å²) in [4.78, 5) is 23.7. The Morgan fingerprint density at radius 1 is 1.33 bits per heavy atom. The highest BCUT2D eigenvalue weighted by Gasteiger charge is 2.39. The second kappa shape index (κ2) is 8.35. The third kappa shape index (κ3) is 4.11. The number of guanidine groups is 1. The molecule has 1 amide bonds. The lowest BCUT2D eigenvalue weighted by Gasteiger charge is -2.32. The molecule has 2 unspecified atom stereocenters. The van der Waals surface area contributed by atoms with E-state index in [4.69, 9.17) is 11.5 Å². The molecule has 2 heterocycles. The van der Waals surface area contributed by atoms with Crippen LogP contribution in [0.3, 0.4) is 0 Å². The monoisotopic (exact) mass is 431 g/mol. The molecule has 1 aromatic carbocycles. The van der Waals surface area contributed by atoms with Gasteiger partial charge >= 0.3 is 0 Å². The Morgan fingerprint density at radius 3 is 2.57 bits per heavy atom. The van der Waals surface area contributed by atoms with Crippen molar-refractivity contribution in [3.05, 3.63) is 63.5 Å². The van der Waals surface area contributed by atoms with Crippen molar-refractivity contribution in [3.63, 3.8) is 0 Å². The summed E-state index contributed by atoms with van der Waals surface area (Å²) < 4.78 is 27.2. The lowest BCUT2D eigenvalue weighted by Crippen LogP contribution is -2.46. The number of carbonyl (C=O) groups excluding carboxylic acids is 1. The normalized spacial score (nSPS) is 20.7. The number of carbonyl (C=O) groups is 1.